The third kappa shape index (κ3) is 6.61. The normalized spacial score (nSPS) is 11.6. The molecule has 0 atom stereocenters. The molecule has 0 radical (unpaired) electrons. The summed E-state index contributed by atoms with van der Waals surface area (Å²) < 4.78 is 6.02. The van der Waals surface area contributed by atoms with E-state index in [9.17, 15) is 4.79 Å². The van der Waals surface area contributed by atoms with Crippen LogP contribution in [0.2, 0.25) is 0 Å². The van der Waals surface area contributed by atoms with Crippen molar-refractivity contribution in [2.75, 3.05) is 12.3 Å². The molecule has 0 spiro atoms. The van der Waals surface area contributed by atoms with E-state index in [0.29, 0.717) is 12.2 Å². The van der Waals surface area contributed by atoms with Crippen molar-refractivity contribution >= 4 is 33.8 Å². The highest BCUT2D eigenvalue weighted by atomic mass is 79.9. The summed E-state index contributed by atoms with van der Waals surface area (Å²) in [6.07, 6.45) is 4.33. The number of carbonyl (C=O) groups excluding carboxylic acids is 1. The molecule has 1 rings (SSSR count). The van der Waals surface area contributed by atoms with Crippen molar-refractivity contribution in [2.24, 2.45) is 0 Å². The molecule has 1 aromatic rings. The van der Waals surface area contributed by atoms with Crippen molar-refractivity contribution in [3.8, 4) is 0 Å². The van der Waals surface area contributed by atoms with Crippen LogP contribution in [-0.4, -0.2) is 18.2 Å². The zero-order valence-electron chi connectivity index (χ0n) is 12.1. The maximum Gasteiger partial charge on any atom is 0.407 e. The average molecular weight is 341 g/mol. The van der Waals surface area contributed by atoms with Crippen LogP contribution in [0.25, 0.3) is 6.08 Å². The van der Waals surface area contributed by atoms with Gasteiger partial charge in [-0.3, -0.25) is 0 Å². The smallest absolute Gasteiger partial charge is 0.407 e. The maximum absolute atomic E-state index is 11.4. The Morgan fingerprint density at radius 3 is 2.75 bits per heavy atom. The predicted molar refractivity (Wildman–Crippen MR) is 86.4 cm³/mol. The van der Waals surface area contributed by atoms with Crippen LogP contribution in [0.5, 0.6) is 0 Å². The number of ether oxygens (including phenoxy) is 1. The van der Waals surface area contributed by atoms with E-state index < -0.39 is 5.60 Å². The molecular weight excluding hydrogens is 320 g/mol. The number of nitrogens with two attached hydrogens (primary N) is 1. The topological polar surface area (TPSA) is 64.3 Å². The van der Waals surface area contributed by atoms with Crippen LogP contribution in [0.1, 0.15) is 32.8 Å². The Bertz CT molecular complexity index is 493. The summed E-state index contributed by atoms with van der Waals surface area (Å²) in [6.45, 7) is 6.06. The standard InChI is InChI=1S/C15H21BrN2O2/c1-15(2,3)20-14(19)18-9-5-4-6-11-7-8-13(17)12(16)10-11/h4,6-8,10H,5,9,17H2,1-3H3,(H,18,19). The van der Waals surface area contributed by atoms with E-state index in [-0.39, 0.29) is 6.09 Å². The van der Waals surface area contributed by atoms with Gasteiger partial charge in [-0.15, -0.1) is 0 Å². The lowest BCUT2D eigenvalue weighted by Gasteiger charge is -2.19. The van der Waals surface area contributed by atoms with Crippen molar-refractivity contribution in [1.82, 2.24) is 5.32 Å². The van der Waals surface area contributed by atoms with E-state index in [1.54, 1.807) is 0 Å². The highest BCUT2D eigenvalue weighted by Gasteiger charge is 2.15. The first kappa shape index (κ1) is 16.6. The number of nitrogens with one attached hydrogen (secondary N) is 1. The SMILES string of the molecule is CC(C)(C)OC(=O)NCCC=Cc1ccc(N)c(Br)c1. The van der Waals surface area contributed by atoms with E-state index in [2.05, 4.69) is 21.2 Å². The monoisotopic (exact) mass is 340 g/mol. The summed E-state index contributed by atoms with van der Waals surface area (Å²) in [6, 6.07) is 5.74. The van der Waals surface area contributed by atoms with Gasteiger partial charge in [0, 0.05) is 16.7 Å². The average Bonchev–Trinajstić information content (AvgIpc) is 2.31. The molecular formula is C15H21BrN2O2. The Kier molecular flexibility index (Phi) is 6.07. The van der Waals surface area contributed by atoms with Crippen LogP contribution in [0, 0.1) is 0 Å². The molecule has 5 heteroatoms. The van der Waals surface area contributed by atoms with Crippen molar-refractivity contribution in [3.63, 3.8) is 0 Å². The zero-order valence-corrected chi connectivity index (χ0v) is 13.7. The second-order valence-electron chi connectivity index (χ2n) is 5.40. The van der Waals surface area contributed by atoms with Gasteiger partial charge in [-0.2, -0.15) is 0 Å². The van der Waals surface area contributed by atoms with Gasteiger partial charge in [-0.25, -0.2) is 4.79 Å². The van der Waals surface area contributed by atoms with Crippen LogP contribution in [0.3, 0.4) is 0 Å². The van der Waals surface area contributed by atoms with Crippen LogP contribution in [0.4, 0.5) is 10.5 Å². The van der Waals surface area contributed by atoms with Gasteiger partial charge in [0.2, 0.25) is 0 Å². The number of carbonyl (C=O) groups is 1. The van der Waals surface area contributed by atoms with E-state index in [1.165, 1.54) is 0 Å². The Balaban J connectivity index is 2.32. The fourth-order valence-corrected chi connectivity index (χ4v) is 1.83. The number of hydrogen-bond acceptors (Lipinski definition) is 3. The molecule has 0 aliphatic rings. The second kappa shape index (κ2) is 7.33. The third-order valence-electron chi connectivity index (χ3n) is 2.31. The van der Waals surface area contributed by atoms with Gasteiger partial charge in [0.25, 0.3) is 0 Å². The first-order chi connectivity index (χ1) is 9.28. The summed E-state index contributed by atoms with van der Waals surface area (Å²) in [5.41, 5.74) is 7.03. The van der Waals surface area contributed by atoms with Crippen molar-refractivity contribution in [3.05, 3.63) is 34.3 Å². The molecule has 1 amide bonds. The molecule has 0 heterocycles. The number of nitrogen functional groups attached to an aromatic ring is 1. The largest absolute Gasteiger partial charge is 0.444 e. The minimum atomic E-state index is -0.462. The van der Waals surface area contributed by atoms with Crippen molar-refractivity contribution in [1.29, 1.82) is 0 Å². The molecule has 0 saturated carbocycles. The molecule has 0 unspecified atom stereocenters. The lowest BCUT2D eigenvalue weighted by Crippen LogP contribution is -2.32. The molecule has 0 fully saturated rings. The van der Waals surface area contributed by atoms with Gasteiger partial charge in [0.05, 0.1) is 0 Å². The van der Waals surface area contributed by atoms with Gasteiger partial charge in [0.15, 0.2) is 0 Å². The van der Waals surface area contributed by atoms with Gasteiger partial charge in [-0.1, -0.05) is 18.2 Å². The molecule has 20 heavy (non-hydrogen) atoms. The van der Waals surface area contributed by atoms with Crippen LogP contribution >= 0.6 is 15.9 Å². The molecule has 0 saturated heterocycles. The molecule has 110 valence electrons. The minimum Gasteiger partial charge on any atom is -0.444 e. The zero-order chi connectivity index (χ0) is 15.2. The first-order valence-electron chi connectivity index (χ1n) is 6.46. The van der Waals surface area contributed by atoms with Crippen molar-refractivity contribution < 1.29 is 9.53 Å². The Morgan fingerprint density at radius 1 is 1.45 bits per heavy atom. The second-order valence-corrected chi connectivity index (χ2v) is 6.25. The molecule has 1 aromatic carbocycles. The van der Waals surface area contributed by atoms with E-state index >= 15 is 0 Å². The summed E-state index contributed by atoms with van der Waals surface area (Å²) in [4.78, 5) is 11.4. The molecule has 3 N–H and O–H groups in total. The lowest BCUT2D eigenvalue weighted by molar-refractivity contribution is 0.0529. The van der Waals surface area contributed by atoms with Gasteiger partial charge in [0.1, 0.15) is 5.60 Å². The fraction of sp³-hybridized carbons (Fsp3) is 0.400. The van der Waals surface area contributed by atoms with Crippen LogP contribution in [-0.2, 0) is 4.74 Å². The number of anilines is 1. The van der Waals surface area contributed by atoms with Gasteiger partial charge < -0.3 is 15.8 Å². The lowest BCUT2D eigenvalue weighted by atomic mass is 10.2. The van der Waals surface area contributed by atoms with Crippen molar-refractivity contribution in [2.45, 2.75) is 32.8 Å². The minimum absolute atomic E-state index is 0.388. The number of rotatable bonds is 4. The molecule has 0 bridgehead atoms. The molecule has 0 aromatic heterocycles. The third-order valence-corrected chi connectivity index (χ3v) is 3.00. The Morgan fingerprint density at radius 2 is 2.15 bits per heavy atom. The number of benzene rings is 1. The number of alkyl carbamates (subject to hydrolysis) is 1. The number of hydrogen-bond donors (Lipinski definition) is 2. The molecule has 0 aliphatic carbocycles. The summed E-state index contributed by atoms with van der Waals surface area (Å²) in [7, 11) is 0. The van der Waals surface area contributed by atoms with Crippen LogP contribution < -0.4 is 11.1 Å². The van der Waals surface area contributed by atoms with E-state index in [4.69, 9.17) is 10.5 Å². The van der Waals surface area contributed by atoms with E-state index in [0.717, 1.165) is 16.5 Å². The Labute approximate surface area is 128 Å². The van der Waals surface area contributed by atoms with Crippen LogP contribution in [0.15, 0.2) is 28.7 Å². The number of amides is 1. The number of halogens is 1. The van der Waals surface area contributed by atoms with Gasteiger partial charge >= 0.3 is 6.09 Å². The fourth-order valence-electron chi connectivity index (χ4n) is 1.44. The quantitative estimate of drug-likeness (QED) is 0.644. The Hall–Kier alpha value is -1.49. The predicted octanol–water partition coefficient (Wildman–Crippen LogP) is 3.96. The summed E-state index contributed by atoms with van der Waals surface area (Å²) in [5.74, 6) is 0. The molecule has 4 nitrogen and oxygen atoms in total. The summed E-state index contributed by atoms with van der Waals surface area (Å²) in [5, 5.41) is 2.70. The highest BCUT2D eigenvalue weighted by molar-refractivity contribution is 9.10. The van der Waals surface area contributed by atoms with E-state index in [1.807, 2.05) is 51.1 Å². The first-order valence-corrected chi connectivity index (χ1v) is 7.25. The molecule has 0 aliphatic heterocycles. The highest BCUT2D eigenvalue weighted by Crippen LogP contribution is 2.21. The summed E-state index contributed by atoms with van der Waals surface area (Å²) >= 11 is 3.38. The maximum atomic E-state index is 11.4. The van der Waals surface area contributed by atoms with Gasteiger partial charge in [-0.05, 0) is 60.8 Å².